The Bertz CT molecular complexity index is 1380. The first-order chi connectivity index (χ1) is 17.2. The van der Waals surface area contributed by atoms with Crippen LogP contribution >= 0.6 is 35.4 Å². The van der Waals surface area contributed by atoms with Gasteiger partial charge in [0, 0.05) is 23.4 Å². The van der Waals surface area contributed by atoms with Crippen molar-refractivity contribution in [2.75, 3.05) is 18.5 Å². The molecule has 3 fully saturated rings. The molecule has 6 nitrogen and oxygen atoms in total. The average Bonchev–Trinajstić information content (AvgIpc) is 3.40. The van der Waals surface area contributed by atoms with Crippen LogP contribution in [0.4, 0.5) is 10.1 Å². The van der Waals surface area contributed by atoms with Crippen molar-refractivity contribution in [2.24, 2.45) is 5.92 Å². The summed E-state index contributed by atoms with van der Waals surface area (Å²) in [6, 6.07) is 11.0. The third-order valence-corrected chi connectivity index (χ3v) is 8.75. The number of carbonyl (C=O) groups excluding carboxylic acids is 2. The van der Waals surface area contributed by atoms with Crippen LogP contribution in [0, 0.1) is 11.7 Å². The van der Waals surface area contributed by atoms with E-state index in [2.05, 4.69) is 10.6 Å². The van der Waals surface area contributed by atoms with Crippen LogP contribution in [0.5, 0.6) is 0 Å². The lowest BCUT2D eigenvalue weighted by molar-refractivity contribution is -0.139. The smallest absolute Gasteiger partial charge is 0.262 e. The predicted octanol–water partition coefficient (Wildman–Crippen LogP) is 3.80. The summed E-state index contributed by atoms with van der Waals surface area (Å²) < 4.78 is 14.0. The zero-order chi connectivity index (χ0) is 25.4. The molecular weight excluding hydrogens is 522 g/mol. The molecule has 10 heteroatoms. The fraction of sp³-hybridized carbons (Fsp3) is 0.269. The Labute approximate surface area is 222 Å². The summed E-state index contributed by atoms with van der Waals surface area (Å²) >= 11 is 17.9. The van der Waals surface area contributed by atoms with Crippen molar-refractivity contribution in [1.29, 1.82) is 0 Å². The summed E-state index contributed by atoms with van der Waals surface area (Å²) in [4.78, 5) is 32.0. The van der Waals surface area contributed by atoms with Crippen LogP contribution in [-0.2, 0) is 9.59 Å². The zero-order valence-electron chi connectivity index (χ0n) is 19.0. The molecule has 1 aliphatic carbocycles. The summed E-state index contributed by atoms with van der Waals surface area (Å²) in [7, 11) is 1.86. The number of amides is 2. The minimum atomic E-state index is -1.45. The van der Waals surface area contributed by atoms with Crippen LogP contribution in [-0.4, -0.2) is 52.5 Å². The third kappa shape index (κ3) is 2.90. The maximum atomic E-state index is 14.7. The Balaban J connectivity index is 1.59. The second-order valence-electron chi connectivity index (χ2n) is 9.52. The number of nitrogens with one attached hydrogen (secondary N) is 2. The second kappa shape index (κ2) is 8.11. The molecule has 2 amide bonds. The van der Waals surface area contributed by atoms with E-state index in [0.29, 0.717) is 17.3 Å². The molecule has 0 aromatic heterocycles. The molecule has 3 saturated heterocycles. The van der Waals surface area contributed by atoms with Crippen molar-refractivity contribution < 1.29 is 14.0 Å². The van der Waals surface area contributed by atoms with Crippen LogP contribution in [0.1, 0.15) is 11.5 Å². The molecule has 36 heavy (non-hydrogen) atoms. The summed E-state index contributed by atoms with van der Waals surface area (Å²) in [6.07, 6.45) is 7.69. The number of rotatable bonds is 2. The van der Waals surface area contributed by atoms with E-state index in [1.165, 1.54) is 23.1 Å². The van der Waals surface area contributed by atoms with Gasteiger partial charge in [-0.2, -0.15) is 0 Å². The maximum Gasteiger partial charge on any atom is 0.262 e. The molecule has 3 aliphatic heterocycles. The van der Waals surface area contributed by atoms with E-state index in [0.717, 1.165) is 5.56 Å². The highest BCUT2D eigenvalue weighted by Crippen LogP contribution is 2.57. The van der Waals surface area contributed by atoms with Gasteiger partial charge in [-0.3, -0.25) is 19.4 Å². The number of anilines is 1. The van der Waals surface area contributed by atoms with Gasteiger partial charge in [-0.25, -0.2) is 4.39 Å². The molecule has 6 rings (SSSR count). The zero-order valence-corrected chi connectivity index (χ0v) is 21.4. The highest BCUT2D eigenvalue weighted by atomic mass is 35.5. The number of fused-ring (bicyclic) bond motifs is 3. The van der Waals surface area contributed by atoms with Crippen LogP contribution in [0.2, 0.25) is 10.0 Å². The lowest BCUT2D eigenvalue weighted by Gasteiger charge is -2.45. The van der Waals surface area contributed by atoms with E-state index in [4.69, 9.17) is 35.4 Å². The van der Waals surface area contributed by atoms with Gasteiger partial charge in [0.2, 0.25) is 5.91 Å². The monoisotopic (exact) mass is 542 g/mol. The van der Waals surface area contributed by atoms with Gasteiger partial charge in [0.15, 0.2) is 10.7 Å². The molecule has 0 bridgehead atoms. The maximum absolute atomic E-state index is 14.7. The number of benzene rings is 2. The highest BCUT2D eigenvalue weighted by Gasteiger charge is 2.79. The van der Waals surface area contributed by atoms with E-state index >= 15 is 0 Å². The molecule has 3 heterocycles. The molecule has 2 spiro atoms. The Morgan fingerprint density at radius 3 is 2.53 bits per heavy atom. The second-order valence-corrected chi connectivity index (χ2v) is 10.8. The number of carbonyl (C=O) groups is 2. The standard InChI is InChI=1S/C26H21Cl2FN4O2S/c1-32-13-18(14-6-8-15(27)9-7-14)25(26(32)17-4-2-3-5-21(17)30-22(26)34)23(35)33(24(36)31-25)16-10-11-20(29)19(28)12-16/h2-12,17-18,21H,13H2,1H3,(H,30,34)(H,31,36)/t17-,18+,21?,25-,26-/m1/s1. The molecule has 2 N–H and O–H groups in total. The first-order valence-corrected chi connectivity index (χ1v) is 12.6. The largest absolute Gasteiger partial charge is 0.347 e. The highest BCUT2D eigenvalue weighted by molar-refractivity contribution is 7.80. The first-order valence-electron chi connectivity index (χ1n) is 11.5. The number of likely N-dealkylation sites (tertiary alicyclic amines) is 1. The van der Waals surface area contributed by atoms with Gasteiger partial charge in [0.1, 0.15) is 11.4 Å². The number of nitrogens with zero attached hydrogens (tertiary/aromatic N) is 2. The van der Waals surface area contributed by atoms with Gasteiger partial charge in [0.05, 0.1) is 16.8 Å². The Morgan fingerprint density at radius 1 is 1.08 bits per heavy atom. The minimum absolute atomic E-state index is 0.128. The fourth-order valence-electron chi connectivity index (χ4n) is 6.50. The predicted molar refractivity (Wildman–Crippen MR) is 141 cm³/mol. The number of hydrogen-bond donors (Lipinski definition) is 2. The van der Waals surface area contributed by atoms with Crippen molar-refractivity contribution in [1.82, 2.24) is 15.5 Å². The molecule has 184 valence electrons. The van der Waals surface area contributed by atoms with Gasteiger partial charge >= 0.3 is 0 Å². The van der Waals surface area contributed by atoms with Gasteiger partial charge in [0.25, 0.3) is 5.91 Å². The Hall–Kier alpha value is -2.78. The van der Waals surface area contributed by atoms with Gasteiger partial charge < -0.3 is 10.6 Å². The van der Waals surface area contributed by atoms with Crippen LogP contribution in [0.25, 0.3) is 0 Å². The van der Waals surface area contributed by atoms with E-state index in [1.54, 1.807) is 12.1 Å². The topological polar surface area (TPSA) is 64.7 Å². The van der Waals surface area contributed by atoms with Gasteiger partial charge in [-0.05, 0) is 55.2 Å². The quantitative estimate of drug-likeness (QED) is 0.565. The Morgan fingerprint density at radius 2 is 1.81 bits per heavy atom. The molecule has 4 aliphatic rings. The van der Waals surface area contributed by atoms with Crippen molar-refractivity contribution in [3.63, 3.8) is 0 Å². The van der Waals surface area contributed by atoms with E-state index in [-0.39, 0.29) is 28.0 Å². The molecule has 1 unspecified atom stereocenters. The number of likely N-dealkylation sites (N-methyl/N-ethyl adjacent to an activating group) is 1. The van der Waals surface area contributed by atoms with E-state index in [1.807, 2.05) is 48.4 Å². The number of thiocarbonyl (C=S) groups is 1. The molecule has 2 aromatic carbocycles. The third-order valence-electron chi connectivity index (χ3n) is 7.93. The number of halogens is 3. The van der Waals surface area contributed by atoms with Crippen LogP contribution in [0.3, 0.4) is 0 Å². The number of allylic oxidation sites excluding steroid dienone is 2. The lowest BCUT2D eigenvalue weighted by Crippen LogP contribution is -2.72. The fourth-order valence-corrected chi connectivity index (χ4v) is 7.15. The summed E-state index contributed by atoms with van der Waals surface area (Å²) in [6.45, 7) is 0.412. The van der Waals surface area contributed by atoms with Crippen molar-refractivity contribution in [2.45, 2.75) is 23.0 Å². The van der Waals surface area contributed by atoms with E-state index in [9.17, 15) is 14.0 Å². The van der Waals surface area contributed by atoms with Crippen LogP contribution in [0.15, 0.2) is 66.8 Å². The molecule has 0 saturated carbocycles. The van der Waals surface area contributed by atoms with Crippen LogP contribution < -0.4 is 15.5 Å². The SMILES string of the molecule is CN1C[C@@H](c2ccc(Cl)cc2)[C@]2(NC(=S)N(c3ccc(F)c(Cl)c3)C2=O)[C@@]12C(=O)NC1C=CC=C[C@H]12. The Kier molecular flexibility index (Phi) is 5.32. The average molecular weight is 543 g/mol. The summed E-state index contributed by atoms with van der Waals surface area (Å²) in [5.74, 6) is -2.04. The number of hydrogen-bond acceptors (Lipinski definition) is 4. The summed E-state index contributed by atoms with van der Waals surface area (Å²) in [5.41, 5.74) is -1.57. The van der Waals surface area contributed by atoms with Crippen molar-refractivity contribution in [3.05, 3.63) is 88.2 Å². The molecule has 2 aromatic rings. The molecule has 5 atom stereocenters. The van der Waals surface area contributed by atoms with Gasteiger partial charge in [-0.15, -0.1) is 0 Å². The first kappa shape index (κ1) is 23.6. The molecule has 0 radical (unpaired) electrons. The lowest BCUT2D eigenvalue weighted by atomic mass is 9.63. The van der Waals surface area contributed by atoms with Crippen molar-refractivity contribution >= 4 is 58.0 Å². The van der Waals surface area contributed by atoms with Gasteiger partial charge in [-0.1, -0.05) is 59.6 Å². The van der Waals surface area contributed by atoms with E-state index < -0.39 is 28.7 Å². The minimum Gasteiger partial charge on any atom is -0.347 e. The summed E-state index contributed by atoms with van der Waals surface area (Å²) in [5, 5.41) is 6.99. The van der Waals surface area contributed by atoms with Crippen molar-refractivity contribution in [3.8, 4) is 0 Å². The normalized spacial score (nSPS) is 33.1. The molecular formula is C26H21Cl2FN4O2S.